The number of halogens is 1. The maximum atomic E-state index is 13.4. The number of aromatic nitrogens is 2. The Labute approximate surface area is 146 Å². The molecular weight excluding hydrogens is 345 g/mol. The van der Waals surface area contributed by atoms with E-state index in [-0.39, 0.29) is 5.82 Å². The molecule has 2 aliphatic rings. The SMILES string of the molecule is O=S(=O)(N1CCCC1)N1CCN(c2ncnc3cc(F)ccc23)CC1. The molecule has 0 atom stereocenters. The minimum absolute atomic E-state index is 0.335. The minimum atomic E-state index is -3.36. The van der Waals surface area contributed by atoms with E-state index in [9.17, 15) is 12.8 Å². The molecule has 2 aromatic rings. The van der Waals surface area contributed by atoms with E-state index in [1.807, 2.05) is 4.90 Å². The highest BCUT2D eigenvalue weighted by Crippen LogP contribution is 2.25. The van der Waals surface area contributed by atoms with Gasteiger partial charge >= 0.3 is 0 Å². The molecule has 134 valence electrons. The summed E-state index contributed by atoms with van der Waals surface area (Å²) in [5.74, 6) is 0.391. The van der Waals surface area contributed by atoms with Crippen LogP contribution in [0.25, 0.3) is 10.9 Å². The normalized spacial score (nSPS) is 20.4. The first kappa shape index (κ1) is 16.6. The number of benzene rings is 1. The molecule has 1 aromatic heterocycles. The number of rotatable bonds is 3. The van der Waals surface area contributed by atoms with Crippen LogP contribution in [0.3, 0.4) is 0 Å². The van der Waals surface area contributed by atoms with Crippen LogP contribution in [0.1, 0.15) is 12.8 Å². The highest BCUT2D eigenvalue weighted by atomic mass is 32.2. The summed E-state index contributed by atoms with van der Waals surface area (Å²) >= 11 is 0. The summed E-state index contributed by atoms with van der Waals surface area (Å²) in [4.78, 5) is 10.5. The third-order valence-corrected chi connectivity index (χ3v) is 6.87. The summed E-state index contributed by atoms with van der Waals surface area (Å²) in [6.45, 7) is 3.18. The van der Waals surface area contributed by atoms with Gasteiger partial charge in [-0.3, -0.25) is 0 Å². The first-order valence-electron chi connectivity index (χ1n) is 8.46. The van der Waals surface area contributed by atoms with Crippen LogP contribution in [0.5, 0.6) is 0 Å². The highest BCUT2D eigenvalue weighted by Gasteiger charge is 2.34. The van der Waals surface area contributed by atoms with Crippen LogP contribution >= 0.6 is 0 Å². The Hall–Kier alpha value is -1.84. The molecule has 0 unspecified atom stereocenters. The topological polar surface area (TPSA) is 69.6 Å². The van der Waals surface area contributed by atoms with Gasteiger partial charge in [-0.1, -0.05) is 0 Å². The second-order valence-electron chi connectivity index (χ2n) is 6.36. The Kier molecular flexibility index (Phi) is 4.30. The van der Waals surface area contributed by atoms with Gasteiger partial charge in [0.2, 0.25) is 0 Å². The van der Waals surface area contributed by atoms with Gasteiger partial charge in [0.25, 0.3) is 10.2 Å². The summed E-state index contributed by atoms with van der Waals surface area (Å²) in [5.41, 5.74) is 0.553. The zero-order valence-electron chi connectivity index (χ0n) is 13.8. The first-order chi connectivity index (χ1) is 12.1. The smallest absolute Gasteiger partial charge is 0.282 e. The predicted octanol–water partition coefficient (Wildman–Crippen LogP) is 1.23. The Bertz CT molecular complexity index is 877. The van der Waals surface area contributed by atoms with Crippen LogP contribution in [0.15, 0.2) is 24.5 Å². The number of anilines is 1. The molecule has 3 heterocycles. The Morgan fingerprint density at radius 1 is 0.920 bits per heavy atom. The molecule has 1 aromatic carbocycles. The van der Waals surface area contributed by atoms with Gasteiger partial charge in [0, 0.05) is 50.7 Å². The highest BCUT2D eigenvalue weighted by molar-refractivity contribution is 7.86. The zero-order chi connectivity index (χ0) is 17.4. The third-order valence-electron chi connectivity index (χ3n) is 4.83. The van der Waals surface area contributed by atoms with E-state index in [4.69, 9.17) is 0 Å². The van der Waals surface area contributed by atoms with Gasteiger partial charge in [0.1, 0.15) is 18.0 Å². The summed E-state index contributed by atoms with van der Waals surface area (Å²) < 4.78 is 41.8. The number of fused-ring (bicyclic) bond motifs is 1. The summed E-state index contributed by atoms with van der Waals surface area (Å²) in [7, 11) is -3.36. The average molecular weight is 365 g/mol. The van der Waals surface area contributed by atoms with Crippen LogP contribution in [-0.2, 0) is 10.2 Å². The van der Waals surface area contributed by atoms with Crippen molar-refractivity contribution in [3.05, 3.63) is 30.3 Å². The quantitative estimate of drug-likeness (QED) is 0.818. The Morgan fingerprint density at radius 3 is 2.32 bits per heavy atom. The van der Waals surface area contributed by atoms with E-state index in [0.717, 1.165) is 24.0 Å². The fraction of sp³-hybridized carbons (Fsp3) is 0.500. The summed E-state index contributed by atoms with van der Waals surface area (Å²) in [5, 5.41) is 0.778. The molecule has 25 heavy (non-hydrogen) atoms. The number of hydrogen-bond donors (Lipinski definition) is 0. The predicted molar refractivity (Wildman–Crippen MR) is 93.0 cm³/mol. The molecule has 0 saturated carbocycles. The van der Waals surface area contributed by atoms with Crippen molar-refractivity contribution in [2.75, 3.05) is 44.2 Å². The fourth-order valence-electron chi connectivity index (χ4n) is 3.48. The molecule has 7 nitrogen and oxygen atoms in total. The van der Waals surface area contributed by atoms with E-state index in [0.29, 0.717) is 44.8 Å². The van der Waals surface area contributed by atoms with Crippen molar-refractivity contribution >= 4 is 26.9 Å². The number of hydrogen-bond acceptors (Lipinski definition) is 5. The van der Waals surface area contributed by atoms with Gasteiger partial charge < -0.3 is 4.90 Å². The van der Waals surface area contributed by atoms with Gasteiger partial charge in [0.15, 0.2) is 0 Å². The largest absolute Gasteiger partial charge is 0.353 e. The second kappa shape index (κ2) is 6.47. The van der Waals surface area contributed by atoms with Crippen LogP contribution in [0.2, 0.25) is 0 Å². The van der Waals surface area contributed by atoms with Crippen LogP contribution in [0, 0.1) is 5.82 Å². The molecule has 4 rings (SSSR count). The van der Waals surface area contributed by atoms with Gasteiger partial charge in [-0.25, -0.2) is 14.4 Å². The van der Waals surface area contributed by atoms with Crippen molar-refractivity contribution in [2.24, 2.45) is 0 Å². The van der Waals surface area contributed by atoms with Crippen molar-refractivity contribution in [3.63, 3.8) is 0 Å². The average Bonchev–Trinajstić information content (AvgIpc) is 3.16. The van der Waals surface area contributed by atoms with E-state index in [1.165, 1.54) is 18.5 Å². The molecule has 2 aliphatic heterocycles. The van der Waals surface area contributed by atoms with Gasteiger partial charge in [-0.05, 0) is 25.0 Å². The maximum absolute atomic E-state index is 13.4. The van der Waals surface area contributed by atoms with Gasteiger partial charge in [0.05, 0.1) is 5.52 Å². The van der Waals surface area contributed by atoms with E-state index < -0.39 is 10.2 Å². The van der Waals surface area contributed by atoms with Crippen LogP contribution in [0.4, 0.5) is 10.2 Å². The van der Waals surface area contributed by atoms with E-state index in [1.54, 1.807) is 14.7 Å². The molecule has 0 spiro atoms. The molecule has 0 aliphatic carbocycles. The molecule has 0 radical (unpaired) electrons. The number of nitrogens with zero attached hydrogens (tertiary/aromatic N) is 5. The lowest BCUT2D eigenvalue weighted by Crippen LogP contribution is -2.52. The zero-order valence-corrected chi connectivity index (χ0v) is 14.6. The lowest BCUT2D eigenvalue weighted by atomic mass is 10.2. The first-order valence-corrected chi connectivity index (χ1v) is 9.86. The monoisotopic (exact) mass is 365 g/mol. The lowest BCUT2D eigenvalue weighted by molar-refractivity contribution is 0.343. The minimum Gasteiger partial charge on any atom is -0.353 e. The van der Waals surface area contributed by atoms with Gasteiger partial charge in [-0.2, -0.15) is 17.0 Å². The number of piperazine rings is 1. The second-order valence-corrected chi connectivity index (χ2v) is 8.29. The van der Waals surface area contributed by atoms with Crippen molar-refractivity contribution in [1.82, 2.24) is 18.6 Å². The summed E-state index contributed by atoms with van der Waals surface area (Å²) in [6, 6.07) is 4.45. The van der Waals surface area contributed by atoms with Crippen molar-refractivity contribution in [3.8, 4) is 0 Å². The van der Waals surface area contributed by atoms with Gasteiger partial charge in [-0.15, -0.1) is 0 Å². The standard InChI is InChI=1S/C16H20FN5O2S/c17-13-3-4-14-15(11-13)18-12-19-16(14)20-7-9-22(10-8-20)25(23,24)21-5-1-2-6-21/h3-4,11-12H,1-2,5-10H2. The van der Waals surface area contributed by atoms with Crippen LogP contribution < -0.4 is 4.90 Å². The fourth-order valence-corrected chi connectivity index (χ4v) is 5.15. The molecule has 0 bridgehead atoms. The lowest BCUT2D eigenvalue weighted by Gasteiger charge is -2.36. The van der Waals surface area contributed by atoms with Crippen LogP contribution in [-0.4, -0.2) is 66.3 Å². The maximum Gasteiger partial charge on any atom is 0.282 e. The molecular formula is C16H20FN5O2S. The summed E-state index contributed by atoms with van der Waals surface area (Å²) in [6.07, 6.45) is 3.29. The van der Waals surface area contributed by atoms with E-state index in [2.05, 4.69) is 9.97 Å². The molecule has 0 N–H and O–H groups in total. The molecule has 9 heteroatoms. The molecule has 2 fully saturated rings. The van der Waals surface area contributed by atoms with Crippen molar-refractivity contribution in [2.45, 2.75) is 12.8 Å². The molecule has 0 amide bonds. The van der Waals surface area contributed by atoms with Crippen molar-refractivity contribution in [1.29, 1.82) is 0 Å². The Balaban J connectivity index is 1.53. The van der Waals surface area contributed by atoms with E-state index >= 15 is 0 Å². The third kappa shape index (κ3) is 3.07. The molecule has 2 saturated heterocycles. The Morgan fingerprint density at radius 2 is 1.60 bits per heavy atom. The van der Waals surface area contributed by atoms with Crippen molar-refractivity contribution < 1.29 is 12.8 Å².